The van der Waals surface area contributed by atoms with Gasteiger partial charge in [-0.15, -0.1) is 0 Å². The molecule has 0 unspecified atom stereocenters. The Morgan fingerprint density at radius 1 is 1.17 bits per heavy atom. The fourth-order valence-electron chi connectivity index (χ4n) is 1.57. The van der Waals surface area contributed by atoms with E-state index in [2.05, 4.69) is 47.8 Å². The lowest BCUT2D eigenvalue weighted by atomic mass is 10.3. The topological polar surface area (TPSA) is 66.5 Å². The van der Waals surface area contributed by atoms with Gasteiger partial charge in [-0.1, -0.05) is 0 Å². The molecular formula is C11H7ClIN5. The molecule has 0 amide bonds. The maximum Gasteiger partial charge on any atom is 0.226 e. The number of imidazole rings is 1. The zero-order valence-electron chi connectivity index (χ0n) is 8.98. The second kappa shape index (κ2) is 4.69. The molecule has 0 atom stereocenters. The van der Waals surface area contributed by atoms with E-state index in [1.54, 1.807) is 6.33 Å². The molecule has 5 nitrogen and oxygen atoms in total. The van der Waals surface area contributed by atoms with Gasteiger partial charge in [0.1, 0.15) is 5.52 Å². The number of nitrogens with one attached hydrogen (secondary N) is 2. The van der Waals surface area contributed by atoms with Crippen molar-refractivity contribution in [2.24, 2.45) is 0 Å². The van der Waals surface area contributed by atoms with Crippen molar-refractivity contribution in [1.82, 2.24) is 19.9 Å². The summed E-state index contributed by atoms with van der Waals surface area (Å²) in [5, 5.41) is 3.36. The van der Waals surface area contributed by atoms with E-state index in [9.17, 15) is 0 Å². The summed E-state index contributed by atoms with van der Waals surface area (Å²) in [6, 6.07) is 7.96. The SMILES string of the molecule is Clc1nc(Nc2ccc(I)cc2)c2[nH]cnc2n1. The number of H-pyrrole nitrogens is 1. The molecule has 0 bridgehead atoms. The maximum absolute atomic E-state index is 5.85. The molecular weight excluding hydrogens is 365 g/mol. The summed E-state index contributed by atoms with van der Waals surface area (Å²) in [6.45, 7) is 0. The minimum absolute atomic E-state index is 0.169. The van der Waals surface area contributed by atoms with Crippen LogP contribution in [0.2, 0.25) is 5.28 Å². The van der Waals surface area contributed by atoms with E-state index in [1.165, 1.54) is 3.57 Å². The van der Waals surface area contributed by atoms with Crippen molar-refractivity contribution in [2.75, 3.05) is 5.32 Å². The average Bonchev–Trinajstić information content (AvgIpc) is 2.80. The fourth-order valence-corrected chi connectivity index (χ4v) is 2.09. The van der Waals surface area contributed by atoms with Gasteiger partial charge in [0, 0.05) is 9.26 Å². The quantitative estimate of drug-likeness (QED) is 0.535. The summed E-state index contributed by atoms with van der Waals surface area (Å²) in [5.74, 6) is 0.615. The lowest BCUT2D eigenvalue weighted by Crippen LogP contribution is -1.97. The first kappa shape index (κ1) is 11.7. The van der Waals surface area contributed by atoms with Crippen LogP contribution in [0.25, 0.3) is 11.2 Å². The van der Waals surface area contributed by atoms with Crippen molar-refractivity contribution in [2.45, 2.75) is 0 Å². The largest absolute Gasteiger partial charge is 0.340 e. The van der Waals surface area contributed by atoms with Gasteiger partial charge in [0.15, 0.2) is 11.5 Å². The molecule has 90 valence electrons. The van der Waals surface area contributed by atoms with Crippen LogP contribution in [-0.4, -0.2) is 19.9 Å². The van der Waals surface area contributed by atoms with E-state index in [0.29, 0.717) is 11.5 Å². The highest BCUT2D eigenvalue weighted by molar-refractivity contribution is 14.1. The van der Waals surface area contributed by atoms with Crippen molar-refractivity contribution < 1.29 is 0 Å². The molecule has 0 spiro atoms. The minimum Gasteiger partial charge on any atom is -0.340 e. The van der Waals surface area contributed by atoms with Gasteiger partial charge in [-0.2, -0.15) is 9.97 Å². The Bertz CT molecular complexity index is 694. The molecule has 18 heavy (non-hydrogen) atoms. The summed E-state index contributed by atoms with van der Waals surface area (Å²) in [4.78, 5) is 15.2. The monoisotopic (exact) mass is 371 g/mol. The molecule has 0 aliphatic heterocycles. The Labute approximate surface area is 121 Å². The molecule has 0 saturated carbocycles. The molecule has 7 heteroatoms. The van der Waals surface area contributed by atoms with E-state index < -0.39 is 0 Å². The Kier molecular flexibility index (Phi) is 3.04. The third-order valence-electron chi connectivity index (χ3n) is 2.37. The second-order valence-electron chi connectivity index (χ2n) is 3.57. The van der Waals surface area contributed by atoms with E-state index in [1.807, 2.05) is 24.3 Å². The number of hydrogen-bond donors (Lipinski definition) is 2. The number of halogens is 2. The number of aromatic amines is 1. The Morgan fingerprint density at radius 2 is 1.94 bits per heavy atom. The molecule has 0 saturated heterocycles. The smallest absolute Gasteiger partial charge is 0.226 e. The van der Waals surface area contributed by atoms with Gasteiger partial charge < -0.3 is 10.3 Å². The van der Waals surface area contributed by atoms with Crippen molar-refractivity contribution in [3.8, 4) is 0 Å². The van der Waals surface area contributed by atoms with Crippen LogP contribution in [0, 0.1) is 3.57 Å². The first-order chi connectivity index (χ1) is 8.72. The van der Waals surface area contributed by atoms with Crippen LogP contribution in [0.5, 0.6) is 0 Å². The summed E-state index contributed by atoms with van der Waals surface area (Å²) in [5.41, 5.74) is 2.21. The van der Waals surface area contributed by atoms with Crippen molar-refractivity contribution >= 4 is 56.9 Å². The Hall–Kier alpha value is -1.41. The van der Waals surface area contributed by atoms with Crippen LogP contribution < -0.4 is 5.32 Å². The van der Waals surface area contributed by atoms with Crippen LogP contribution in [0.3, 0.4) is 0 Å². The molecule has 2 heterocycles. The zero-order valence-corrected chi connectivity index (χ0v) is 11.9. The van der Waals surface area contributed by atoms with Crippen LogP contribution in [0.1, 0.15) is 0 Å². The van der Waals surface area contributed by atoms with Gasteiger partial charge in [0.2, 0.25) is 5.28 Å². The summed E-state index contributed by atoms with van der Waals surface area (Å²) < 4.78 is 1.17. The second-order valence-corrected chi connectivity index (χ2v) is 5.16. The third-order valence-corrected chi connectivity index (χ3v) is 3.25. The average molecular weight is 372 g/mol. The van der Waals surface area contributed by atoms with E-state index in [4.69, 9.17) is 11.6 Å². The molecule has 0 aliphatic carbocycles. The van der Waals surface area contributed by atoms with E-state index in [-0.39, 0.29) is 5.28 Å². The van der Waals surface area contributed by atoms with Gasteiger partial charge in [-0.3, -0.25) is 0 Å². The standard InChI is InChI=1S/C11H7ClIN5/c12-11-17-9-8(14-5-15-9)10(18-11)16-7-3-1-6(13)2-4-7/h1-5H,(H2,14,15,16,17,18). The van der Waals surface area contributed by atoms with Gasteiger partial charge in [0.25, 0.3) is 0 Å². The molecule has 2 N–H and O–H groups in total. The molecule has 3 aromatic rings. The first-order valence-electron chi connectivity index (χ1n) is 5.11. The van der Waals surface area contributed by atoms with Gasteiger partial charge in [-0.25, -0.2) is 4.98 Å². The van der Waals surface area contributed by atoms with Crippen LogP contribution in [0.15, 0.2) is 30.6 Å². The predicted octanol–water partition coefficient (Wildman–Crippen LogP) is 3.35. The first-order valence-corrected chi connectivity index (χ1v) is 6.57. The van der Waals surface area contributed by atoms with Crippen LogP contribution >= 0.6 is 34.2 Å². The number of anilines is 2. The number of benzene rings is 1. The number of nitrogens with zero attached hydrogens (tertiary/aromatic N) is 3. The van der Waals surface area contributed by atoms with Crippen LogP contribution in [-0.2, 0) is 0 Å². The maximum atomic E-state index is 5.85. The van der Waals surface area contributed by atoms with E-state index in [0.717, 1.165) is 11.2 Å². The summed E-state index contributed by atoms with van der Waals surface area (Å²) in [6.07, 6.45) is 1.56. The van der Waals surface area contributed by atoms with Crippen LogP contribution in [0.4, 0.5) is 11.5 Å². The summed E-state index contributed by atoms with van der Waals surface area (Å²) >= 11 is 8.11. The van der Waals surface area contributed by atoms with Crippen molar-refractivity contribution in [3.63, 3.8) is 0 Å². The minimum atomic E-state index is 0.169. The molecule has 0 aliphatic rings. The predicted molar refractivity (Wildman–Crippen MR) is 79.1 cm³/mol. The number of rotatable bonds is 2. The number of hydrogen-bond acceptors (Lipinski definition) is 4. The lowest BCUT2D eigenvalue weighted by Gasteiger charge is -2.06. The fraction of sp³-hybridized carbons (Fsp3) is 0. The highest BCUT2D eigenvalue weighted by atomic mass is 127. The molecule has 0 fully saturated rings. The molecule has 0 radical (unpaired) electrons. The molecule has 1 aromatic carbocycles. The van der Waals surface area contributed by atoms with Gasteiger partial charge in [-0.05, 0) is 58.5 Å². The molecule has 2 aromatic heterocycles. The lowest BCUT2D eigenvalue weighted by molar-refractivity contribution is 1.20. The highest BCUT2D eigenvalue weighted by Gasteiger charge is 2.08. The zero-order chi connectivity index (χ0) is 12.5. The third kappa shape index (κ3) is 2.25. The van der Waals surface area contributed by atoms with Crippen molar-refractivity contribution in [1.29, 1.82) is 0 Å². The Morgan fingerprint density at radius 3 is 2.72 bits per heavy atom. The Balaban J connectivity index is 2.03. The van der Waals surface area contributed by atoms with Crippen molar-refractivity contribution in [3.05, 3.63) is 39.4 Å². The summed E-state index contributed by atoms with van der Waals surface area (Å²) in [7, 11) is 0. The van der Waals surface area contributed by atoms with E-state index >= 15 is 0 Å². The van der Waals surface area contributed by atoms with Gasteiger partial charge >= 0.3 is 0 Å². The van der Waals surface area contributed by atoms with Gasteiger partial charge in [0.05, 0.1) is 6.33 Å². The molecule has 3 rings (SSSR count). The highest BCUT2D eigenvalue weighted by Crippen LogP contribution is 2.23. The number of fused-ring (bicyclic) bond motifs is 1. The normalized spacial score (nSPS) is 10.8. The number of aromatic nitrogens is 4.